The van der Waals surface area contributed by atoms with Gasteiger partial charge < -0.3 is 19.4 Å². The SMILES string of the molecule is O=C([O-])C1=CS[C@@H]2/C(=C\C3COCO3)C(=O)N12.[Na+]. The van der Waals surface area contributed by atoms with E-state index < -0.39 is 5.97 Å². The van der Waals surface area contributed by atoms with Crippen LogP contribution in [0.15, 0.2) is 22.8 Å². The number of carbonyl (C=O) groups is 2. The number of rotatable bonds is 2. The van der Waals surface area contributed by atoms with Gasteiger partial charge in [0.1, 0.15) is 18.3 Å². The van der Waals surface area contributed by atoms with Crippen molar-refractivity contribution in [2.75, 3.05) is 13.4 Å². The van der Waals surface area contributed by atoms with Gasteiger partial charge in [0.2, 0.25) is 0 Å². The first-order valence-corrected chi connectivity index (χ1v) is 5.94. The van der Waals surface area contributed by atoms with E-state index in [1.807, 2.05) is 0 Å². The number of ether oxygens (including phenoxy) is 2. The van der Waals surface area contributed by atoms with Crippen LogP contribution >= 0.6 is 11.8 Å². The number of carbonyl (C=O) groups excluding carboxylic acids is 2. The third-order valence-corrected chi connectivity index (χ3v) is 3.84. The summed E-state index contributed by atoms with van der Waals surface area (Å²) in [6.07, 6.45) is 1.49. The maximum absolute atomic E-state index is 11.8. The maximum atomic E-state index is 11.8. The third kappa shape index (κ3) is 2.15. The molecule has 1 unspecified atom stereocenters. The fraction of sp³-hybridized carbons (Fsp3) is 0.400. The van der Waals surface area contributed by atoms with Crippen LogP contribution in [0.2, 0.25) is 0 Å². The van der Waals surface area contributed by atoms with Crippen LogP contribution in [0, 0.1) is 0 Å². The Balaban J connectivity index is 0.00000120. The molecule has 8 heteroatoms. The summed E-state index contributed by atoms with van der Waals surface area (Å²) < 4.78 is 10.2. The first-order valence-electron chi connectivity index (χ1n) is 5.00. The van der Waals surface area contributed by atoms with Gasteiger partial charge in [0.25, 0.3) is 5.91 Å². The van der Waals surface area contributed by atoms with E-state index in [2.05, 4.69) is 0 Å². The van der Waals surface area contributed by atoms with E-state index in [1.165, 1.54) is 22.1 Å². The summed E-state index contributed by atoms with van der Waals surface area (Å²) in [4.78, 5) is 23.7. The molecule has 0 aromatic carbocycles. The molecule has 0 aromatic rings. The van der Waals surface area contributed by atoms with Crippen molar-refractivity contribution >= 4 is 23.6 Å². The van der Waals surface area contributed by atoms with Crippen LogP contribution in [-0.2, 0) is 19.1 Å². The Kier molecular flexibility index (Phi) is 4.20. The van der Waals surface area contributed by atoms with E-state index >= 15 is 0 Å². The molecular weight excluding hydrogens is 269 g/mol. The molecule has 0 radical (unpaired) electrons. The molecule has 0 saturated carbocycles. The Labute approximate surface area is 129 Å². The molecule has 2 fully saturated rings. The second-order valence-electron chi connectivity index (χ2n) is 3.77. The minimum Gasteiger partial charge on any atom is -0.543 e. The number of carboxylic acid groups (broad SMARTS) is 1. The van der Waals surface area contributed by atoms with Gasteiger partial charge in [0, 0.05) is 5.57 Å². The predicted molar refractivity (Wildman–Crippen MR) is 55.1 cm³/mol. The molecule has 3 aliphatic heterocycles. The van der Waals surface area contributed by atoms with Gasteiger partial charge in [-0.2, -0.15) is 0 Å². The Morgan fingerprint density at radius 2 is 2.39 bits per heavy atom. The van der Waals surface area contributed by atoms with Gasteiger partial charge in [-0.05, 0) is 11.5 Å². The zero-order valence-electron chi connectivity index (χ0n) is 9.62. The van der Waals surface area contributed by atoms with Gasteiger partial charge in [-0.1, -0.05) is 0 Å². The van der Waals surface area contributed by atoms with E-state index in [0.717, 1.165) is 0 Å². The standard InChI is InChI=1S/C10H9NO5S.Na/c12-8-6(1-5-2-15-4-16-5)9-11(8)7(3-17-9)10(13)14;/h1,3,5,9H,2,4H2,(H,13,14);/q;+1/p-1/b6-1-;/t5?,9-;/m1./s1. The fourth-order valence-electron chi connectivity index (χ4n) is 1.92. The normalized spacial score (nSPS) is 31.8. The number of β-lactam (4-membered cyclic amide) rings is 1. The van der Waals surface area contributed by atoms with Crippen LogP contribution in [0.3, 0.4) is 0 Å². The van der Waals surface area contributed by atoms with E-state index in [9.17, 15) is 14.7 Å². The summed E-state index contributed by atoms with van der Waals surface area (Å²) in [6, 6.07) is 0. The molecule has 2 saturated heterocycles. The molecule has 3 rings (SSSR count). The quantitative estimate of drug-likeness (QED) is 0.289. The number of aliphatic carboxylic acids is 1. The minimum atomic E-state index is -1.33. The first kappa shape index (κ1) is 14.1. The van der Waals surface area contributed by atoms with Crippen molar-refractivity contribution in [1.29, 1.82) is 0 Å². The van der Waals surface area contributed by atoms with Gasteiger partial charge >= 0.3 is 29.6 Å². The van der Waals surface area contributed by atoms with E-state index in [0.29, 0.717) is 12.2 Å². The van der Waals surface area contributed by atoms with Crippen molar-refractivity contribution in [3.63, 3.8) is 0 Å². The molecule has 1 amide bonds. The van der Waals surface area contributed by atoms with Gasteiger partial charge in [-0.25, -0.2) is 0 Å². The van der Waals surface area contributed by atoms with E-state index in [4.69, 9.17) is 9.47 Å². The second kappa shape index (κ2) is 5.36. The second-order valence-corrected chi connectivity index (χ2v) is 4.72. The van der Waals surface area contributed by atoms with E-state index in [1.54, 1.807) is 6.08 Å². The van der Waals surface area contributed by atoms with Crippen molar-refractivity contribution in [3.8, 4) is 0 Å². The molecule has 90 valence electrons. The van der Waals surface area contributed by atoms with Gasteiger partial charge in [0.15, 0.2) is 0 Å². The molecular formula is C10H8NNaO5S. The molecule has 0 N–H and O–H groups in total. The molecule has 0 aliphatic carbocycles. The zero-order valence-corrected chi connectivity index (χ0v) is 12.4. The third-order valence-electron chi connectivity index (χ3n) is 2.76. The Bertz CT molecular complexity index is 457. The number of fused-ring (bicyclic) bond motifs is 1. The summed E-state index contributed by atoms with van der Waals surface area (Å²) in [5.74, 6) is -1.63. The maximum Gasteiger partial charge on any atom is 1.00 e. The van der Waals surface area contributed by atoms with Crippen molar-refractivity contribution in [2.24, 2.45) is 0 Å². The predicted octanol–water partition coefficient (Wildman–Crippen LogP) is -4.20. The number of hydrogen-bond acceptors (Lipinski definition) is 6. The van der Waals surface area contributed by atoms with Crippen LogP contribution in [0.1, 0.15) is 0 Å². The number of amides is 1. The summed E-state index contributed by atoms with van der Waals surface area (Å²) in [6.45, 7) is 0.654. The van der Waals surface area contributed by atoms with Crippen LogP contribution in [0.25, 0.3) is 0 Å². The summed E-state index contributed by atoms with van der Waals surface area (Å²) >= 11 is 1.28. The topological polar surface area (TPSA) is 78.9 Å². The molecule has 0 spiro atoms. The number of thioether (sulfide) groups is 1. The molecule has 0 aromatic heterocycles. The van der Waals surface area contributed by atoms with Gasteiger partial charge in [0.05, 0.1) is 18.3 Å². The molecule has 3 aliphatic rings. The Morgan fingerprint density at radius 1 is 1.61 bits per heavy atom. The Hall–Kier alpha value is -0.310. The van der Waals surface area contributed by atoms with Crippen molar-refractivity contribution in [3.05, 3.63) is 22.8 Å². The zero-order chi connectivity index (χ0) is 12.0. The first-order chi connectivity index (χ1) is 8.18. The molecule has 3 heterocycles. The van der Waals surface area contributed by atoms with Crippen LogP contribution in [0.5, 0.6) is 0 Å². The average molecular weight is 277 g/mol. The fourth-order valence-corrected chi connectivity index (χ4v) is 3.05. The van der Waals surface area contributed by atoms with Crippen molar-refractivity contribution in [2.45, 2.75) is 11.5 Å². The van der Waals surface area contributed by atoms with E-state index in [-0.39, 0.29) is 59.4 Å². The number of nitrogens with zero attached hydrogens (tertiary/aromatic N) is 1. The largest absolute Gasteiger partial charge is 1.00 e. The Morgan fingerprint density at radius 3 is 3.00 bits per heavy atom. The monoisotopic (exact) mass is 277 g/mol. The van der Waals surface area contributed by atoms with Crippen LogP contribution < -0.4 is 34.7 Å². The van der Waals surface area contributed by atoms with Crippen molar-refractivity contribution < 1.29 is 53.7 Å². The van der Waals surface area contributed by atoms with Crippen LogP contribution in [-0.4, -0.2) is 41.7 Å². The van der Waals surface area contributed by atoms with Crippen molar-refractivity contribution in [1.82, 2.24) is 4.90 Å². The van der Waals surface area contributed by atoms with Gasteiger partial charge in [-0.3, -0.25) is 9.69 Å². The number of hydrogen-bond donors (Lipinski definition) is 0. The van der Waals surface area contributed by atoms with Crippen LogP contribution in [0.4, 0.5) is 0 Å². The molecule has 18 heavy (non-hydrogen) atoms. The smallest absolute Gasteiger partial charge is 0.543 e. The average Bonchev–Trinajstić information content (AvgIpc) is 2.93. The molecule has 2 atom stereocenters. The number of carboxylic acids is 1. The summed E-state index contributed by atoms with van der Waals surface area (Å²) in [5, 5.41) is 11.9. The summed E-state index contributed by atoms with van der Waals surface area (Å²) in [5.41, 5.74) is 0.503. The molecule has 6 nitrogen and oxygen atoms in total. The molecule has 0 bridgehead atoms. The minimum absolute atomic E-state index is 0. The van der Waals surface area contributed by atoms with Gasteiger partial charge in [-0.15, -0.1) is 11.8 Å². The summed E-state index contributed by atoms with van der Waals surface area (Å²) in [7, 11) is 0.